The van der Waals surface area contributed by atoms with Crippen molar-refractivity contribution < 1.29 is 18.0 Å². The Labute approximate surface area is 181 Å². The third-order valence-corrected chi connectivity index (χ3v) is 5.02. The van der Waals surface area contributed by atoms with E-state index in [1.54, 1.807) is 40.0 Å². The second-order valence-electron chi connectivity index (χ2n) is 7.97. The van der Waals surface area contributed by atoms with Crippen LogP contribution in [0.1, 0.15) is 35.5 Å². The van der Waals surface area contributed by atoms with Gasteiger partial charge < -0.3 is 10.6 Å². The van der Waals surface area contributed by atoms with Crippen LogP contribution in [0.15, 0.2) is 49.1 Å². The van der Waals surface area contributed by atoms with Gasteiger partial charge in [0, 0.05) is 23.7 Å². The molecule has 0 aliphatic heterocycles. The summed E-state index contributed by atoms with van der Waals surface area (Å²) < 4.78 is 40.1. The number of nitrogen functional groups attached to an aromatic ring is 1. The first-order valence-electron chi connectivity index (χ1n) is 9.96. The molecule has 4 aromatic rings. The molecule has 0 saturated carbocycles. The number of rotatable bonds is 5. The minimum absolute atomic E-state index is 0.0925. The van der Waals surface area contributed by atoms with E-state index in [2.05, 4.69) is 15.0 Å². The molecule has 0 aliphatic rings. The van der Waals surface area contributed by atoms with Crippen molar-refractivity contribution in [2.24, 2.45) is 5.92 Å². The Hall–Kier alpha value is -3.69. The molecule has 7 nitrogen and oxygen atoms in total. The zero-order valence-electron chi connectivity index (χ0n) is 17.5. The second-order valence-corrected chi connectivity index (χ2v) is 7.97. The summed E-state index contributed by atoms with van der Waals surface area (Å²) >= 11 is 0. The fourth-order valence-corrected chi connectivity index (χ4v) is 3.55. The van der Waals surface area contributed by atoms with Crippen LogP contribution in [0.4, 0.5) is 19.1 Å². The van der Waals surface area contributed by atoms with E-state index in [0.717, 1.165) is 23.2 Å². The van der Waals surface area contributed by atoms with Crippen LogP contribution in [0.3, 0.4) is 0 Å². The number of fused-ring (bicyclic) bond motifs is 3. The van der Waals surface area contributed by atoms with Crippen LogP contribution in [0.25, 0.3) is 16.4 Å². The highest BCUT2D eigenvalue weighted by Crippen LogP contribution is 2.28. The van der Waals surface area contributed by atoms with Crippen molar-refractivity contribution in [2.45, 2.75) is 26.6 Å². The Morgan fingerprint density at radius 3 is 2.62 bits per heavy atom. The van der Waals surface area contributed by atoms with Crippen molar-refractivity contribution in [3.8, 4) is 0 Å². The molecule has 2 N–H and O–H groups in total. The Bertz CT molecular complexity index is 1280. The summed E-state index contributed by atoms with van der Waals surface area (Å²) in [6, 6.07) is 7.39. The second kappa shape index (κ2) is 8.10. The van der Waals surface area contributed by atoms with Gasteiger partial charge in [0.25, 0.3) is 5.91 Å². The van der Waals surface area contributed by atoms with Crippen molar-refractivity contribution in [2.75, 3.05) is 12.3 Å². The molecular weight excluding hydrogens is 421 g/mol. The van der Waals surface area contributed by atoms with Gasteiger partial charge in [-0.15, -0.1) is 0 Å². The lowest BCUT2D eigenvalue weighted by molar-refractivity contribution is -0.137. The van der Waals surface area contributed by atoms with Crippen molar-refractivity contribution >= 4 is 28.3 Å². The van der Waals surface area contributed by atoms with Crippen LogP contribution in [0.2, 0.25) is 0 Å². The first-order valence-corrected chi connectivity index (χ1v) is 9.96. The van der Waals surface area contributed by atoms with Crippen molar-refractivity contribution in [1.82, 2.24) is 24.3 Å². The van der Waals surface area contributed by atoms with Gasteiger partial charge >= 0.3 is 6.18 Å². The maximum absolute atomic E-state index is 13.3. The van der Waals surface area contributed by atoms with E-state index < -0.39 is 11.7 Å². The normalized spacial score (nSPS) is 12.1. The number of imidazole rings is 1. The largest absolute Gasteiger partial charge is 0.417 e. The van der Waals surface area contributed by atoms with Gasteiger partial charge in [-0.1, -0.05) is 13.8 Å². The van der Waals surface area contributed by atoms with Crippen molar-refractivity contribution in [3.05, 3.63) is 65.9 Å². The number of pyridine rings is 1. The van der Waals surface area contributed by atoms with Gasteiger partial charge in [-0.25, -0.2) is 9.97 Å². The summed E-state index contributed by atoms with van der Waals surface area (Å²) in [5.41, 5.74) is 7.29. The molecule has 0 aliphatic carbocycles. The molecule has 1 aromatic carbocycles. The van der Waals surface area contributed by atoms with Crippen molar-refractivity contribution in [3.63, 3.8) is 0 Å². The summed E-state index contributed by atoms with van der Waals surface area (Å²) in [4.78, 5) is 27.3. The van der Waals surface area contributed by atoms with Crippen molar-refractivity contribution in [1.29, 1.82) is 0 Å². The molecule has 32 heavy (non-hydrogen) atoms. The van der Waals surface area contributed by atoms with Gasteiger partial charge in [0.05, 0.1) is 35.0 Å². The van der Waals surface area contributed by atoms with E-state index in [4.69, 9.17) is 5.73 Å². The third-order valence-electron chi connectivity index (χ3n) is 5.02. The molecule has 3 aromatic heterocycles. The average Bonchev–Trinajstić information content (AvgIpc) is 3.23. The fourth-order valence-electron chi connectivity index (χ4n) is 3.55. The number of hydrogen-bond donors (Lipinski definition) is 1. The summed E-state index contributed by atoms with van der Waals surface area (Å²) in [7, 11) is 0. The molecule has 0 fully saturated rings. The quantitative estimate of drug-likeness (QED) is 0.501. The zero-order valence-corrected chi connectivity index (χ0v) is 17.5. The minimum atomic E-state index is -4.46. The molecule has 0 radical (unpaired) electrons. The van der Waals surface area contributed by atoms with Gasteiger partial charge in [0.15, 0.2) is 0 Å². The third kappa shape index (κ3) is 4.20. The molecule has 10 heteroatoms. The molecule has 0 bridgehead atoms. The minimum Gasteiger partial charge on any atom is -0.369 e. The molecule has 0 spiro atoms. The molecular formula is C22H21F3N6O. The lowest BCUT2D eigenvalue weighted by atomic mass is 10.1. The van der Waals surface area contributed by atoms with E-state index >= 15 is 0 Å². The first kappa shape index (κ1) is 21.5. The molecule has 1 amide bonds. The maximum atomic E-state index is 13.3. The average molecular weight is 442 g/mol. The van der Waals surface area contributed by atoms with Crippen LogP contribution >= 0.6 is 0 Å². The summed E-state index contributed by atoms with van der Waals surface area (Å²) in [6.45, 7) is 4.43. The molecule has 0 atom stereocenters. The number of carbonyl (C=O) groups is 1. The Morgan fingerprint density at radius 1 is 1.19 bits per heavy atom. The Morgan fingerprint density at radius 2 is 1.97 bits per heavy atom. The van der Waals surface area contributed by atoms with Crippen LogP contribution in [0.5, 0.6) is 0 Å². The number of halogens is 3. The Balaban J connectivity index is 1.67. The van der Waals surface area contributed by atoms with Gasteiger partial charge in [0.1, 0.15) is 6.33 Å². The maximum Gasteiger partial charge on any atom is 0.417 e. The lowest BCUT2D eigenvalue weighted by Gasteiger charge is -2.25. The van der Waals surface area contributed by atoms with Crippen LogP contribution in [-0.4, -0.2) is 36.7 Å². The van der Waals surface area contributed by atoms with E-state index in [1.165, 1.54) is 6.07 Å². The van der Waals surface area contributed by atoms with Gasteiger partial charge in [-0.05, 0) is 36.2 Å². The van der Waals surface area contributed by atoms with Crippen LogP contribution < -0.4 is 5.73 Å². The molecule has 0 unspecified atom stereocenters. The number of aromatic nitrogens is 4. The first-order chi connectivity index (χ1) is 15.1. The highest BCUT2D eigenvalue weighted by atomic mass is 19.4. The van der Waals surface area contributed by atoms with E-state index in [9.17, 15) is 18.0 Å². The van der Waals surface area contributed by atoms with Gasteiger partial charge in [-0.3, -0.25) is 14.2 Å². The lowest BCUT2D eigenvalue weighted by Crippen LogP contribution is -2.34. The number of anilines is 1. The number of nitrogens with zero attached hydrogens (tertiary/aromatic N) is 5. The molecule has 4 rings (SSSR count). The van der Waals surface area contributed by atoms with E-state index in [1.807, 2.05) is 13.8 Å². The number of alkyl halides is 3. The van der Waals surface area contributed by atoms with Crippen LogP contribution in [-0.2, 0) is 12.7 Å². The number of nitrogens with two attached hydrogens (primary N) is 1. The van der Waals surface area contributed by atoms with E-state index in [-0.39, 0.29) is 18.4 Å². The Kier molecular flexibility index (Phi) is 5.45. The summed E-state index contributed by atoms with van der Waals surface area (Å²) in [6.07, 6.45) is -0.476. The van der Waals surface area contributed by atoms with Crippen LogP contribution in [0, 0.1) is 5.92 Å². The number of hydrogen-bond acceptors (Lipinski definition) is 5. The highest BCUT2D eigenvalue weighted by molar-refractivity contribution is 6.02. The topological polar surface area (TPSA) is 89.4 Å². The monoisotopic (exact) mass is 442 g/mol. The predicted molar refractivity (Wildman–Crippen MR) is 114 cm³/mol. The SMILES string of the molecule is CC(C)CN(Cc1ccc(C(F)(F)F)cn1)C(=O)c1ccc2nc(N)n3cncc3c2c1. The summed E-state index contributed by atoms with van der Waals surface area (Å²) in [5.74, 6) is 0.188. The number of carbonyl (C=O) groups excluding carboxylic acids is 1. The molecule has 0 saturated heterocycles. The molecule has 3 heterocycles. The zero-order chi connectivity index (χ0) is 23.0. The highest BCUT2D eigenvalue weighted by Gasteiger charge is 2.30. The number of amides is 1. The van der Waals surface area contributed by atoms with Gasteiger partial charge in [0.2, 0.25) is 5.95 Å². The van der Waals surface area contributed by atoms with E-state index in [0.29, 0.717) is 29.3 Å². The fraction of sp³-hybridized carbons (Fsp3) is 0.273. The molecule has 166 valence electrons. The standard InChI is InChI=1S/C22H21F3N6O/c1-13(2)10-30(11-16-5-4-15(8-28-16)22(23,24)25)20(32)14-3-6-18-17(7-14)19-9-27-12-31(19)21(26)29-18/h3-9,12-13H,10-11H2,1-2H3,(H2,26,29). The smallest absolute Gasteiger partial charge is 0.369 e. The van der Waals surface area contributed by atoms with Gasteiger partial charge in [-0.2, -0.15) is 13.2 Å². The number of benzene rings is 1. The summed E-state index contributed by atoms with van der Waals surface area (Å²) in [5, 5.41) is 0.722. The predicted octanol–water partition coefficient (Wildman–Crippen LogP) is 4.18.